The van der Waals surface area contributed by atoms with Gasteiger partial charge in [0.25, 0.3) is 0 Å². The van der Waals surface area contributed by atoms with Crippen molar-refractivity contribution < 1.29 is 9.53 Å². The molecule has 4 rings (SSSR count). The molecule has 0 radical (unpaired) electrons. The molecule has 0 heterocycles. The minimum atomic E-state index is -0.115. The Hall–Kier alpha value is -0.790. The van der Waals surface area contributed by atoms with Crippen molar-refractivity contribution in [2.45, 2.75) is 118 Å². The maximum atomic E-state index is 11.5. The Kier molecular flexibility index (Phi) is 6.68. The van der Waals surface area contributed by atoms with E-state index in [1.165, 1.54) is 57.8 Å². The first-order chi connectivity index (χ1) is 14.6. The van der Waals surface area contributed by atoms with E-state index < -0.39 is 0 Å². The Morgan fingerprint density at radius 3 is 2.55 bits per heavy atom. The Balaban J connectivity index is 1.47. The number of carbonyl (C=O) groups excluding carboxylic acids is 1. The van der Waals surface area contributed by atoms with Crippen molar-refractivity contribution in [2.75, 3.05) is 0 Å². The summed E-state index contributed by atoms with van der Waals surface area (Å²) >= 11 is 0. The van der Waals surface area contributed by atoms with Crippen LogP contribution >= 0.6 is 0 Å². The molecule has 31 heavy (non-hydrogen) atoms. The van der Waals surface area contributed by atoms with Crippen molar-refractivity contribution in [1.82, 2.24) is 0 Å². The molecule has 4 aliphatic carbocycles. The quantitative estimate of drug-likeness (QED) is 0.317. The van der Waals surface area contributed by atoms with Gasteiger partial charge < -0.3 is 4.74 Å². The fourth-order valence-electron chi connectivity index (χ4n) is 8.99. The lowest BCUT2D eigenvalue weighted by Crippen LogP contribution is -2.51. The Labute approximate surface area is 192 Å². The van der Waals surface area contributed by atoms with Crippen LogP contribution in [-0.4, -0.2) is 12.1 Å². The molecule has 0 aromatic heterocycles. The van der Waals surface area contributed by atoms with E-state index in [0.29, 0.717) is 10.8 Å². The van der Waals surface area contributed by atoms with Crippen molar-refractivity contribution in [3.8, 4) is 0 Å². The summed E-state index contributed by atoms with van der Waals surface area (Å²) < 4.78 is 5.61. The first-order valence-electron chi connectivity index (χ1n) is 13.5. The summed E-state index contributed by atoms with van der Waals surface area (Å²) in [5.41, 5.74) is 2.53. The van der Waals surface area contributed by atoms with Crippen LogP contribution in [0.25, 0.3) is 0 Å². The van der Waals surface area contributed by atoms with Gasteiger partial charge in [-0.1, -0.05) is 65.5 Å². The fraction of sp³-hybridized carbons (Fsp3) is 0.897. The molecule has 0 aromatic rings. The molecule has 4 aliphatic rings. The minimum Gasteiger partial charge on any atom is -0.462 e. The molecule has 8 atom stereocenters. The number of hydrogen-bond donors (Lipinski definition) is 0. The molecule has 0 bridgehead atoms. The molecule has 0 amide bonds. The molecular formula is C29H48O2. The van der Waals surface area contributed by atoms with Crippen molar-refractivity contribution in [3.05, 3.63) is 11.6 Å². The summed E-state index contributed by atoms with van der Waals surface area (Å²) in [6, 6.07) is 0. The molecule has 0 aromatic carbocycles. The standard InChI is InChI=1S/C29H48O2/c1-19(2)8-7-9-20(3)25-12-13-26-24-11-10-22-18-23(31-21(4)30)14-16-28(22,5)27(24)15-17-29(25,26)6/h10,19-20,23-27H,7-9,11-18H2,1-6H3/t20?,23-,24?,25?,26?,27?,28-,29+/m0/s1. The average Bonchev–Trinajstić information content (AvgIpc) is 3.05. The molecule has 0 saturated heterocycles. The van der Waals surface area contributed by atoms with E-state index in [0.717, 1.165) is 48.3 Å². The topological polar surface area (TPSA) is 26.3 Å². The van der Waals surface area contributed by atoms with Crippen LogP contribution < -0.4 is 0 Å². The van der Waals surface area contributed by atoms with Gasteiger partial charge >= 0.3 is 5.97 Å². The van der Waals surface area contributed by atoms with Gasteiger partial charge in [-0.3, -0.25) is 4.79 Å². The Bertz CT molecular complexity index is 693. The zero-order valence-electron chi connectivity index (χ0n) is 21.2. The predicted octanol–water partition coefficient (Wildman–Crippen LogP) is 7.96. The van der Waals surface area contributed by atoms with Crippen LogP contribution in [0.5, 0.6) is 0 Å². The molecule has 0 spiro atoms. The number of esters is 1. The molecule has 176 valence electrons. The molecular weight excluding hydrogens is 380 g/mol. The van der Waals surface area contributed by atoms with Gasteiger partial charge in [0.05, 0.1) is 0 Å². The monoisotopic (exact) mass is 428 g/mol. The molecule has 2 nitrogen and oxygen atoms in total. The van der Waals surface area contributed by atoms with Crippen molar-refractivity contribution in [1.29, 1.82) is 0 Å². The first-order valence-corrected chi connectivity index (χ1v) is 13.5. The lowest BCUT2D eigenvalue weighted by atomic mass is 9.47. The van der Waals surface area contributed by atoms with Crippen LogP contribution in [0.2, 0.25) is 0 Å². The second-order valence-electron chi connectivity index (χ2n) is 12.8. The van der Waals surface area contributed by atoms with Gasteiger partial charge in [-0.25, -0.2) is 0 Å². The average molecular weight is 429 g/mol. The van der Waals surface area contributed by atoms with E-state index in [-0.39, 0.29) is 12.1 Å². The highest BCUT2D eigenvalue weighted by molar-refractivity contribution is 5.66. The van der Waals surface area contributed by atoms with E-state index in [2.05, 4.69) is 40.7 Å². The van der Waals surface area contributed by atoms with Crippen LogP contribution in [0.15, 0.2) is 11.6 Å². The van der Waals surface area contributed by atoms with Gasteiger partial charge in [0.2, 0.25) is 0 Å². The molecule has 5 unspecified atom stereocenters. The normalized spacial score (nSPS) is 42.9. The van der Waals surface area contributed by atoms with E-state index in [1.54, 1.807) is 12.5 Å². The van der Waals surface area contributed by atoms with Crippen LogP contribution in [0, 0.1) is 46.3 Å². The zero-order chi connectivity index (χ0) is 22.4. The van der Waals surface area contributed by atoms with E-state index in [1.807, 2.05) is 0 Å². The summed E-state index contributed by atoms with van der Waals surface area (Å²) in [6.45, 7) is 14.1. The second-order valence-corrected chi connectivity index (χ2v) is 12.8. The summed E-state index contributed by atoms with van der Waals surface area (Å²) in [7, 11) is 0. The lowest BCUT2D eigenvalue weighted by Gasteiger charge is -2.58. The highest BCUT2D eigenvalue weighted by Gasteiger charge is 2.59. The molecule has 0 N–H and O–H groups in total. The van der Waals surface area contributed by atoms with Crippen LogP contribution in [-0.2, 0) is 9.53 Å². The highest BCUT2D eigenvalue weighted by Crippen LogP contribution is 2.67. The summed E-state index contributed by atoms with van der Waals surface area (Å²) in [4.78, 5) is 11.5. The number of ether oxygens (including phenoxy) is 1. The molecule has 0 aliphatic heterocycles. The third-order valence-electron chi connectivity index (χ3n) is 10.6. The number of rotatable bonds is 6. The van der Waals surface area contributed by atoms with Crippen molar-refractivity contribution in [3.63, 3.8) is 0 Å². The number of carbonyl (C=O) groups is 1. The van der Waals surface area contributed by atoms with Crippen LogP contribution in [0.4, 0.5) is 0 Å². The highest BCUT2D eigenvalue weighted by atomic mass is 16.5. The maximum absolute atomic E-state index is 11.5. The Morgan fingerprint density at radius 2 is 1.84 bits per heavy atom. The van der Waals surface area contributed by atoms with Crippen molar-refractivity contribution in [2.24, 2.45) is 46.3 Å². The second kappa shape index (κ2) is 8.86. The smallest absolute Gasteiger partial charge is 0.302 e. The number of allylic oxidation sites excluding steroid dienone is 1. The fourth-order valence-corrected chi connectivity index (χ4v) is 8.99. The van der Waals surface area contributed by atoms with E-state index >= 15 is 0 Å². The first kappa shape index (κ1) is 23.4. The largest absolute Gasteiger partial charge is 0.462 e. The predicted molar refractivity (Wildman–Crippen MR) is 129 cm³/mol. The third kappa shape index (κ3) is 4.26. The summed E-state index contributed by atoms with van der Waals surface area (Å²) in [5.74, 6) is 5.19. The number of hydrogen-bond acceptors (Lipinski definition) is 2. The zero-order valence-corrected chi connectivity index (χ0v) is 21.2. The van der Waals surface area contributed by atoms with Gasteiger partial charge in [0, 0.05) is 13.3 Å². The summed E-state index contributed by atoms with van der Waals surface area (Å²) in [5, 5.41) is 0. The molecule has 3 saturated carbocycles. The number of fused-ring (bicyclic) bond motifs is 5. The summed E-state index contributed by atoms with van der Waals surface area (Å²) in [6.07, 6.45) is 17.2. The maximum Gasteiger partial charge on any atom is 0.302 e. The Morgan fingerprint density at radius 1 is 1.06 bits per heavy atom. The van der Waals surface area contributed by atoms with Gasteiger partial charge in [-0.15, -0.1) is 0 Å². The van der Waals surface area contributed by atoms with Crippen LogP contribution in [0.3, 0.4) is 0 Å². The van der Waals surface area contributed by atoms with Gasteiger partial charge in [0.1, 0.15) is 6.10 Å². The van der Waals surface area contributed by atoms with E-state index in [4.69, 9.17) is 4.74 Å². The van der Waals surface area contributed by atoms with Crippen molar-refractivity contribution >= 4 is 5.97 Å². The molecule has 3 fully saturated rings. The molecule has 2 heteroatoms. The lowest BCUT2D eigenvalue weighted by molar-refractivity contribution is -0.148. The van der Waals surface area contributed by atoms with Gasteiger partial charge in [0.15, 0.2) is 0 Å². The van der Waals surface area contributed by atoms with E-state index in [9.17, 15) is 4.79 Å². The third-order valence-corrected chi connectivity index (χ3v) is 10.6. The van der Waals surface area contributed by atoms with Gasteiger partial charge in [-0.2, -0.15) is 0 Å². The SMILES string of the molecule is CC(=O)O[C@H]1CC[C@@]2(C)C(=CCC3C4CCC(C(C)CCCC(C)C)[C@@]4(C)CCC32)C1. The minimum absolute atomic E-state index is 0.115. The van der Waals surface area contributed by atoms with Gasteiger partial charge in [-0.05, 0) is 91.3 Å². The van der Waals surface area contributed by atoms with Crippen LogP contribution in [0.1, 0.15) is 112 Å².